The van der Waals surface area contributed by atoms with E-state index in [0.717, 1.165) is 16.0 Å². The monoisotopic (exact) mass is 388 g/mol. The fourth-order valence-electron chi connectivity index (χ4n) is 2.80. The maximum absolute atomic E-state index is 13.0. The van der Waals surface area contributed by atoms with Crippen LogP contribution in [0.2, 0.25) is 5.02 Å². The first-order chi connectivity index (χ1) is 12.6. The predicted octanol–water partition coefficient (Wildman–Crippen LogP) is 4.47. The first-order valence-corrected chi connectivity index (χ1v) is 9.21. The normalized spacial score (nSPS) is 15.4. The molecule has 7 heteroatoms. The number of thiazole rings is 1. The number of hydrogen-bond donors (Lipinski definition) is 1. The van der Waals surface area contributed by atoms with Crippen molar-refractivity contribution in [3.05, 3.63) is 75.5 Å². The van der Waals surface area contributed by atoms with E-state index < -0.39 is 6.10 Å². The third-order valence-electron chi connectivity index (χ3n) is 4.06. The van der Waals surface area contributed by atoms with Crippen molar-refractivity contribution in [2.75, 3.05) is 5.32 Å². The Morgan fingerprint density at radius 3 is 2.92 bits per heavy atom. The largest absolute Gasteiger partial charge is 0.480 e. The van der Waals surface area contributed by atoms with E-state index in [4.69, 9.17) is 16.3 Å². The van der Waals surface area contributed by atoms with Gasteiger partial charge in [0.15, 0.2) is 11.2 Å². The summed E-state index contributed by atoms with van der Waals surface area (Å²) < 4.78 is 18.6. The summed E-state index contributed by atoms with van der Waals surface area (Å²) in [5.74, 6) is 0.190. The van der Waals surface area contributed by atoms with Crippen molar-refractivity contribution in [1.82, 2.24) is 4.98 Å². The molecule has 1 atom stereocenters. The molecule has 2 aromatic carbocycles. The fourth-order valence-corrected chi connectivity index (χ4v) is 3.84. The summed E-state index contributed by atoms with van der Waals surface area (Å²) in [7, 11) is 0. The average Bonchev–Trinajstić information content (AvgIpc) is 3.23. The summed E-state index contributed by atoms with van der Waals surface area (Å²) >= 11 is 7.36. The Morgan fingerprint density at radius 1 is 1.31 bits per heavy atom. The number of nitrogens with one attached hydrogen (secondary N) is 1. The van der Waals surface area contributed by atoms with Crippen LogP contribution >= 0.6 is 22.9 Å². The Labute approximate surface area is 158 Å². The first-order valence-electron chi connectivity index (χ1n) is 8.02. The third-order valence-corrected chi connectivity index (χ3v) is 5.21. The van der Waals surface area contributed by atoms with Crippen LogP contribution in [-0.2, 0) is 17.6 Å². The molecule has 1 aromatic heterocycles. The van der Waals surface area contributed by atoms with Gasteiger partial charge < -0.3 is 4.74 Å². The minimum Gasteiger partial charge on any atom is -0.480 e. The van der Waals surface area contributed by atoms with Crippen LogP contribution in [0.25, 0.3) is 0 Å². The molecule has 0 saturated heterocycles. The zero-order valence-electron chi connectivity index (χ0n) is 13.5. The zero-order valence-corrected chi connectivity index (χ0v) is 15.1. The van der Waals surface area contributed by atoms with Crippen LogP contribution < -0.4 is 10.1 Å². The van der Waals surface area contributed by atoms with Crippen molar-refractivity contribution in [3.8, 4) is 5.75 Å². The molecule has 0 aliphatic carbocycles. The Kier molecular flexibility index (Phi) is 4.61. The van der Waals surface area contributed by atoms with Crippen molar-refractivity contribution in [1.29, 1.82) is 0 Å². The van der Waals surface area contributed by atoms with Crippen molar-refractivity contribution in [2.45, 2.75) is 18.9 Å². The smallest absolute Gasteiger partial charge is 0.267 e. The number of fused-ring (bicyclic) bond motifs is 1. The van der Waals surface area contributed by atoms with Crippen LogP contribution in [0.3, 0.4) is 0 Å². The highest BCUT2D eigenvalue weighted by atomic mass is 35.5. The number of benzene rings is 2. The fraction of sp³-hybridized carbons (Fsp3) is 0.158. The molecule has 1 unspecified atom stereocenters. The standard InChI is InChI=1S/C19H14ClFN2O2S/c20-13-3-6-16-12(8-13)9-17(25-16)18(24)23-19-22-10-15(26-19)7-11-1-4-14(21)5-2-11/h1-6,8,10,17H,7,9H2,(H,22,23,24). The van der Waals surface area contributed by atoms with Gasteiger partial charge in [-0.2, -0.15) is 0 Å². The van der Waals surface area contributed by atoms with Gasteiger partial charge in [-0.3, -0.25) is 10.1 Å². The maximum atomic E-state index is 13.0. The van der Waals surface area contributed by atoms with Crippen LogP contribution in [0.5, 0.6) is 5.75 Å². The van der Waals surface area contributed by atoms with Crippen molar-refractivity contribution >= 4 is 34.0 Å². The quantitative estimate of drug-likeness (QED) is 0.717. The molecule has 26 heavy (non-hydrogen) atoms. The van der Waals surface area contributed by atoms with Crippen molar-refractivity contribution < 1.29 is 13.9 Å². The number of hydrogen-bond acceptors (Lipinski definition) is 4. The second-order valence-electron chi connectivity index (χ2n) is 5.99. The van der Waals surface area contributed by atoms with Gasteiger partial charge in [-0.15, -0.1) is 11.3 Å². The summed E-state index contributed by atoms with van der Waals surface area (Å²) in [5, 5.41) is 3.94. The molecule has 1 aliphatic rings. The van der Waals surface area contributed by atoms with Gasteiger partial charge in [0.25, 0.3) is 5.91 Å². The van der Waals surface area contributed by atoms with E-state index in [9.17, 15) is 9.18 Å². The molecule has 0 spiro atoms. The summed E-state index contributed by atoms with van der Waals surface area (Å²) in [5.41, 5.74) is 1.91. The molecule has 132 valence electrons. The van der Waals surface area contributed by atoms with Crippen LogP contribution in [-0.4, -0.2) is 17.0 Å². The molecule has 0 saturated carbocycles. The Morgan fingerprint density at radius 2 is 2.12 bits per heavy atom. The molecule has 4 nitrogen and oxygen atoms in total. The van der Waals surface area contributed by atoms with E-state index >= 15 is 0 Å². The Bertz CT molecular complexity index is 958. The Balaban J connectivity index is 1.38. The van der Waals surface area contributed by atoms with Gasteiger partial charge >= 0.3 is 0 Å². The molecule has 0 radical (unpaired) electrons. The van der Waals surface area contributed by atoms with Gasteiger partial charge in [0.1, 0.15) is 11.6 Å². The van der Waals surface area contributed by atoms with Crippen molar-refractivity contribution in [3.63, 3.8) is 0 Å². The molecule has 4 rings (SSSR count). The second-order valence-corrected chi connectivity index (χ2v) is 7.54. The van der Waals surface area contributed by atoms with Gasteiger partial charge in [0.2, 0.25) is 0 Å². The molecular formula is C19H14ClFN2O2S. The van der Waals surface area contributed by atoms with E-state index in [0.29, 0.717) is 28.7 Å². The molecule has 3 aromatic rings. The number of nitrogens with zero attached hydrogens (tertiary/aromatic N) is 1. The number of anilines is 1. The second kappa shape index (κ2) is 7.05. The van der Waals surface area contributed by atoms with Gasteiger partial charge in [0, 0.05) is 28.9 Å². The number of ether oxygens (including phenoxy) is 1. The lowest BCUT2D eigenvalue weighted by molar-refractivity contribution is -0.122. The van der Waals surface area contributed by atoms with E-state index in [2.05, 4.69) is 10.3 Å². The van der Waals surface area contributed by atoms with E-state index in [1.165, 1.54) is 23.5 Å². The molecule has 2 heterocycles. The molecule has 0 fully saturated rings. The summed E-state index contributed by atoms with van der Waals surface area (Å²) in [6.45, 7) is 0. The van der Waals surface area contributed by atoms with Crippen LogP contribution in [0.1, 0.15) is 16.0 Å². The Hall–Kier alpha value is -2.44. The lowest BCUT2D eigenvalue weighted by Crippen LogP contribution is -2.31. The highest BCUT2D eigenvalue weighted by Crippen LogP contribution is 2.31. The lowest BCUT2D eigenvalue weighted by Gasteiger charge is -2.09. The van der Waals surface area contributed by atoms with Crippen LogP contribution in [0, 0.1) is 5.82 Å². The van der Waals surface area contributed by atoms with Crippen LogP contribution in [0.15, 0.2) is 48.7 Å². The van der Waals surface area contributed by atoms with Gasteiger partial charge in [-0.25, -0.2) is 9.37 Å². The zero-order chi connectivity index (χ0) is 18.1. The maximum Gasteiger partial charge on any atom is 0.267 e. The molecule has 1 N–H and O–H groups in total. The molecule has 1 amide bonds. The number of halogens is 2. The number of rotatable bonds is 4. The number of amides is 1. The highest BCUT2D eigenvalue weighted by molar-refractivity contribution is 7.15. The van der Waals surface area contributed by atoms with E-state index in [1.807, 2.05) is 6.07 Å². The molecular weight excluding hydrogens is 375 g/mol. The minimum atomic E-state index is -0.590. The average molecular weight is 389 g/mol. The molecule has 0 bridgehead atoms. The summed E-state index contributed by atoms with van der Waals surface area (Å²) in [6.07, 6.45) is 2.24. The number of carbonyl (C=O) groups is 1. The molecule has 1 aliphatic heterocycles. The minimum absolute atomic E-state index is 0.236. The number of aromatic nitrogens is 1. The van der Waals surface area contributed by atoms with Crippen LogP contribution in [0.4, 0.5) is 9.52 Å². The number of carbonyl (C=O) groups excluding carboxylic acids is 1. The van der Waals surface area contributed by atoms with Gasteiger partial charge in [-0.05, 0) is 41.5 Å². The topological polar surface area (TPSA) is 51.2 Å². The SMILES string of the molecule is O=C(Nc1ncc(Cc2ccc(F)cc2)s1)C1Cc2cc(Cl)ccc2O1. The third kappa shape index (κ3) is 3.71. The summed E-state index contributed by atoms with van der Waals surface area (Å²) in [4.78, 5) is 17.7. The van der Waals surface area contributed by atoms with Gasteiger partial charge in [-0.1, -0.05) is 23.7 Å². The van der Waals surface area contributed by atoms with Gasteiger partial charge in [0.05, 0.1) is 0 Å². The van der Waals surface area contributed by atoms with Crippen molar-refractivity contribution in [2.24, 2.45) is 0 Å². The summed E-state index contributed by atoms with van der Waals surface area (Å²) in [6, 6.07) is 11.7. The predicted molar refractivity (Wildman–Crippen MR) is 99.5 cm³/mol. The first kappa shape index (κ1) is 17.0. The lowest BCUT2D eigenvalue weighted by atomic mass is 10.1. The highest BCUT2D eigenvalue weighted by Gasteiger charge is 2.29. The van der Waals surface area contributed by atoms with E-state index in [-0.39, 0.29) is 11.7 Å². The van der Waals surface area contributed by atoms with E-state index in [1.54, 1.807) is 30.5 Å².